The van der Waals surface area contributed by atoms with Crippen molar-refractivity contribution in [1.82, 2.24) is 10.2 Å². The summed E-state index contributed by atoms with van der Waals surface area (Å²) in [6.45, 7) is 4.73. The number of nitrogens with one attached hydrogen (secondary N) is 1. The first kappa shape index (κ1) is 6.58. The van der Waals surface area contributed by atoms with E-state index >= 15 is 0 Å². The number of nitrogens with zero attached hydrogens (tertiary/aromatic N) is 1. The van der Waals surface area contributed by atoms with Crippen LogP contribution in [0.25, 0.3) is 0 Å². The van der Waals surface area contributed by atoms with Gasteiger partial charge in [-0.25, -0.2) is 0 Å². The SMILES string of the molecule is OCN1CC2CNCC2C1. The molecule has 2 atom stereocenters. The first-order valence-electron chi connectivity index (χ1n) is 3.94. The van der Waals surface area contributed by atoms with E-state index in [0.29, 0.717) is 0 Å². The largest absolute Gasteiger partial charge is 0.381 e. The summed E-state index contributed by atoms with van der Waals surface area (Å²) >= 11 is 0. The predicted molar refractivity (Wildman–Crippen MR) is 38.5 cm³/mol. The van der Waals surface area contributed by atoms with E-state index in [9.17, 15) is 0 Å². The zero-order chi connectivity index (χ0) is 6.97. The van der Waals surface area contributed by atoms with Crippen LogP contribution < -0.4 is 5.32 Å². The summed E-state index contributed by atoms with van der Waals surface area (Å²) in [5, 5.41) is 12.2. The van der Waals surface area contributed by atoms with Crippen molar-refractivity contribution in [3.63, 3.8) is 0 Å². The van der Waals surface area contributed by atoms with E-state index in [4.69, 9.17) is 5.11 Å². The summed E-state index contributed by atoms with van der Waals surface area (Å²) in [5.41, 5.74) is 0. The lowest BCUT2D eigenvalue weighted by Crippen LogP contribution is -2.26. The number of likely N-dealkylation sites (tertiary alicyclic amines) is 1. The van der Waals surface area contributed by atoms with Gasteiger partial charge in [0.25, 0.3) is 0 Å². The van der Waals surface area contributed by atoms with Crippen LogP contribution in [0.2, 0.25) is 0 Å². The maximum atomic E-state index is 8.83. The third-order valence-corrected chi connectivity index (χ3v) is 2.67. The number of hydrogen-bond acceptors (Lipinski definition) is 3. The van der Waals surface area contributed by atoms with E-state index in [1.807, 2.05) is 0 Å². The minimum Gasteiger partial charge on any atom is -0.381 e. The molecule has 2 aliphatic rings. The molecule has 2 rings (SSSR count). The maximum Gasteiger partial charge on any atom is 0.0956 e. The highest BCUT2D eigenvalue weighted by Crippen LogP contribution is 2.25. The van der Waals surface area contributed by atoms with E-state index in [1.165, 1.54) is 0 Å². The lowest BCUT2D eigenvalue weighted by molar-refractivity contribution is 0.124. The Morgan fingerprint density at radius 3 is 2.40 bits per heavy atom. The van der Waals surface area contributed by atoms with Crippen molar-refractivity contribution >= 4 is 0 Å². The summed E-state index contributed by atoms with van der Waals surface area (Å²) in [5.74, 6) is 1.62. The standard InChI is InChI=1S/C7H14N2O/c10-5-9-3-6-1-8-2-7(6)4-9/h6-8,10H,1-5H2. The molecule has 10 heavy (non-hydrogen) atoms. The Kier molecular flexibility index (Phi) is 1.64. The molecule has 2 saturated heterocycles. The van der Waals surface area contributed by atoms with Gasteiger partial charge in [0.1, 0.15) is 0 Å². The van der Waals surface area contributed by atoms with E-state index in [-0.39, 0.29) is 6.73 Å². The Morgan fingerprint density at radius 2 is 1.90 bits per heavy atom. The summed E-state index contributed by atoms with van der Waals surface area (Å²) in [4.78, 5) is 2.12. The number of aliphatic hydroxyl groups excluding tert-OH is 1. The molecular weight excluding hydrogens is 128 g/mol. The Balaban J connectivity index is 1.94. The Hall–Kier alpha value is -0.120. The van der Waals surface area contributed by atoms with Gasteiger partial charge in [-0.3, -0.25) is 4.90 Å². The van der Waals surface area contributed by atoms with Crippen LogP contribution in [-0.2, 0) is 0 Å². The number of hydrogen-bond donors (Lipinski definition) is 2. The third kappa shape index (κ3) is 0.944. The molecular formula is C7H14N2O. The van der Waals surface area contributed by atoms with Crippen molar-refractivity contribution < 1.29 is 5.11 Å². The number of aliphatic hydroxyl groups is 1. The average Bonchev–Trinajstić information content (AvgIpc) is 2.42. The quantitative estimate of drug-likeness (QED) is 0.497. The van der Waals surface area contributed by atoms with Gasteiger partial charge in [-0.15, -0.1) is 0 Å². The first-order chi connectivity index (χ1) is 4.90. The van der Waals surface area contributed by atoms with Crippen LogP contribution in [0, 0.1) is 11.8 Å². The van der Waals surface area contributed by atoms with Crippen LogP contribution in [-0.4, -0.2) is 42.9 Å². The van der Waals surface area contributed by atoms with Crippen LogP contribution in [0.3, 0.4) is 0 Å². The fraction of sp³-hybridized carbons (Fsp3) is 1.00. The second-order valence-electron chi connectivity index (χ2n) is 3.36. The molecule has 0 aromatic carbocycles. The van der Waals surface area contributed by atoms with E-state index in [2.05, 4.69) is 10.2 Å². The van der Waals surface area contributed by atoms with Gasteiger partial charge in [0.05, 0.1) is 6.73 Å². The molecule has 3 heteroatoms. The van der Waals surface area contributed by atoms with Gasteiger partial charge in [-0.05, 0) is 24.9 Å². The average molecular weight is 142 g/mol. The van der Waals surface area contributed by atoms with Gasteiger partial charge in [0.15, 0.2) is 0 Å². The van der Waals surface area contributed by atoms with Crippen LogP contribution in [0.5, 0.6) is 0 Å². The Morgan fingerprint density at radius 1 is 1.30 bits per heavy atom. The molecule has 2 fully saturated rings. The van der Waals surface area contributed by atoms with E-state index < -0.39 is 0 Å². The minimum absolute atomic E-state index is 0.243. The minimum atomic E-state index is 0.243. The monoisotopic (exact) mass is 142 g/mol. The molecule has 0 aliphatic carbocycles. The Bertz CT molecular complexity index is 117. The molecule has 0 aromatic heterocycles. The lowest BCUT2D eigenvalue weighted by Gasteiger charge is -2.11. The zero-order valence-electron chi connectivity index (χ0n) is 6.08. The molecule has 2 unspecified atom stereocenters. The fourth-order valence-electron chi connectivity index (χ4n) is 2.07. The van der Waals surface area contributed by atoms with Crippen molar-refractivity contribution in [2.75, 3.05) is 32.9 Å². The van der Waals surface area contributed by atoms with Crippen LogP contribution in [0.1, 0.15) is 0 Å². The molecule has 0 radical (unpaired) electrons. The summed E-state index contributed by atoms with van der Waals surface area (Å²) < 4.78 is 0. The fourth-order valence-corrected chi connectivity index (χ4v) is 2.07. The van der Waals surface area contributed by atoms with Crippen LogP contribution in [0.4, 0.5) is 0 Å². The Labute approximate surface area is 61.0 Å². The van der Waals surface area contributed by atoms with Gasteiger partial charge >= 0.3 is 0 Å². The molecule has 3 nitrogen and oxygen atoms in total. The van der Waals surface area contributed by atoms with Crippen LogP contribution >= 0.6 is 0 Å². The predicted octanol–water partition coefficient (Wildman–Crippen LogP) is -0.913. The molecule has 58 valence electrons. The second kappa shape index (κ2) is 2.49. The van der Waals surface area contributed by atoms with Gasteiger partial charge in [-0.1, -0.05) is 0 Å². The maximum absolute atomic E-state index is 8.83. The van der Waals surface area contributed by atoms with Gasteiger partial charge in [-0.2, -0.15) is 0 Å². The smallest absolute Gasteiger partial charge is 0.0956 e. The topological polar surface area (TPSA) is 35.5 Å². The molecule has 2 heterocycles. The van der Waals surface area contributed by atoms with Crippen molar-refractivity contribution in [2.24, 2.45) is 11.8 Å². The van der Waals surface area contributed by atoms with Crippen molar-refractivity contribution in [3.8, 4) is 0 Å². The van der Waals surface area contributed by atoms with Crippen LogP contribution in [0.15, 0.2) is 0 Å². The van der Waals surface area contributed by atoms with Crippen molar-refractivity contribution in [1.29, 1.82) is 0 Å². The highest BCUT2D eigenvalue weighted by Gasteiger charge is 2.35. The zero-order valence-corrected chi connectivity index (χ0v) is 6.08. The molecule has 2 aliphatic heterocycles. The molecule has 0 saturated carbocycles. The summed E-state index contributed by atoms with van der Waals surface area (Å²) in [7, 11) is 0. The highest BCUT2D eigenvalue weighted by atomic mass is 16.3. The number of fused-ring (bicyclic) bond motifs is 1. The van der Waals surface area contributed by atoms with Crippen molar-refractivity contribution in [3.05, 3.63) is 0 Å². The molecule has 0 aromatic rings. The van der Waals surface area contributed by atoms with E-state index in [0.717, 1.165) is 38.0 Å². The van der Waals surface area contributed by atoms with Gasteiger partial charge in [0, 0.05) is 13.1 Å². The second-order valence-corrected chi connectivity index (χ2v) is 3.36. The summed E-state index contributed by atoms with van der Waals surface area (Å²) in [6, 6.07) is 0. The molecule has 0 spiro atoms. The summed E-state index contributed by atoms with van der Waals surface area (Å²) in [6.07, 6.45) is 0. The molecule has 0 amide bonds. The first-order valence-corrected chi connectivity index (χ1v) is 3.94. The normalized spacial score (nSPS) is 40.5. The highest BCUT2D eigenvalue weighted by molar-refractivity contribution is 4.90. The molecule has 0 bridgehead atoms. The van der Waals surface area contributed by atoms with Gasteiger partial charge in [0.2, 0.25) is 0 Å². The molecule has 2 N–H and O–H groups in total. The van der Waals surface area contributed by atoms with Crippen molar-refractivity contribution in [2.45, 2.75) is 0 Å². The van der Waals surface area contributed by atoms with E-state index in [1.54, 1.807) is 0 Å². The lowest BCUT2D eigenvalue weighted by atomic mass is 10.0. The number of rotatable bonds is 1. The third-order valence-electron chi connectivity index (χ3n) is 2.67. The van der Waals surface area contributed by atoms with Gasteiger partial charge < -0.3 is 10.4 Å².